The second-order valence-electron chi connectivity index (χ2n) is 8.32. The number of nitrogen functional groups attached to an aromatic ring is 1. The summed E-state index contributed by atoms with van der Waals surface area (Å²) in [5.74, 6) is -0.320. The number of hydrogen-bond donors (Lipinski definition) is 3. The van der Waals surface area contributed by atoms with Crippen LogP contribution in [0.25, 0.3) is 11.3 Å². The van der Waals surface area contributed by atoms with Gasteiger partial charge in [0.1, 0.15) is 0 Å². The molecule has 1 saturated heterocycles. The topological polar surface area (TPSA) is 130 Å². The summed E-state index contributed by atoms with van der Waals surface area (Å²) in [6.45, 7) is 2.23. The molecular formula is C24H23ClF3N7O2. The lowest BCUT2D eigenvalue weighted by Gasteiger charge is -2.27. The smallest absolute Gasteiger partial charge is 0.382 e. The minimum Gasteiger partial charge on any atom is -0.382 e. The van der Waals surface area contributed by atoms with Crippen molar-refractivity contribution in [1.29, 1.82) is 0 Å². The van der Waals surface area contributed by atoms with E-state index in [1.165, 1.54) is 12.3 Å². The van der Waals surface area contributed by atoms with Crippen LogP contribution in [0.3, 0.4) is 0 Å². The standard InChI is InChI=1S/C24H23ClF3N7O2/c25-18-5-4-16(11-17(18)24(26,27)28)35(23(30)37)13-14-2-1-3-15(10-14)19-12-32-21(29)20(33-19)22(36)34-8-6-31-7-9-34/h1-5,10-12,31H,6-9,13H2,(H2,29,32)(H2,30,37). The average Bonchev–Trinajstić information content (AvgIpc) is 2.87. The average molecular weight is 534 g/mol. The van der Waals surface area contributed by atoms with Crippen LogP contribution in [0, 0.1) is 0 Å². The number of carbonyl (C=O) groups excluding carboxylic acids is 2. The maximum atomic E-state index is 13.3. The number of anilines is 2. The molecule has 13 heteroatoms. The maximum absolute atomic E-state index is 13.3. The highest BCUT2D eigenvalue weighted by molar-refractivity contribution is 6.31. The molecular weight excluding hydrogens is 511 g/mol. The predicted molar refractivity (Wildman–Crippen MR) is 133 cm³/mol. The fraction of sp³-hybridized carbons (Fsp3) is 0.250. The third-order valence-corrected chi connectivity index (χ3v) is 6.13. The van der Waals surface area contributed by atoms with Gasteiger partial charge in [0.2, 0.25) is 0 Å². The Bertz CT molecular complexity index is 1330. The molecule has 4 rings (SSSR count). The first-order chi connectivity index (χ1) is 17.5. The van der Waals surface area contributed by atoms with Crippen molar-refractivity contribution in [2.45, 2.75) is 12.7 Å². The van der Waals surface area contributed by atoms with Crippen molar-refractivity contribution < 1.29 is 22.8 Å². The van der Waals surface area contributed by atoms with Gasteiger partial charge in [-0.15, -0.1) is 0 Å². The molecule has 2 heterocycles. The van der Waals surface area contributed by atoms with Crippen LogP contribution in [-0.4, -0.2) is 53.0 Å². The molecule has 5 N–H and O–H groups in total. The number of piperazine rings is 1. The van der Waals surface area contributed by atoms with Crippen LogP contribution in [-0.2, 0) is 12.7 Å². The van der Waals surface area contributed by atoms with Gasteiger partial charge in [0.15, 0.2) is 11.5 Å². The van der Waals surface area contributed by atoms with Crippen molar-refractivity contribution in [3.8, 4) is 11.3 Å². The van der Waals surface area contributed by atoms with Crippen LogP contribution in [0.4, 0.5) is 29.5 Å². The van der Waals surface area contributed by atoms with Crippen molar-refractivity contribution in [2.75, 3.05) is 36.8 Å². The number of nitrogens with one attached hydrogen (secondary N) is 1. The first-order valence-corrected chi connectivity index (χ1v) is 11.6. The molecule has 194 valence electrons. The zero-order chi connectivity index (χ0) is 26.7. The second kappa shape index (κ2) is 10.6. The molecule has 0 atom stereocenters. The molecule has 2 aromatic carbocycles. The summed E-state index contributed by atoms with van der Waals surface area (Å²) in [6.07, 6.45) is -3.28. The summed E-state index contributed by atoms with van der Waals surface area (Å²) < 4.78 is 40.0. The third-order valence-electron chi connectivity index (χ3n) is 5.80. The number of halogens is 4. The van der Waals surface area contributed by atoms with Crippen LogP contribution in [0.2, 0.25) is 5.02 Å². The number of primary amides is 1. The van der Waals surface area contributed by atoms with E-state index in [1.54, 1.807) is 29.2 Å². The van der Waals surface area contributed by atoms with Crippen LogP contribution in [0.5, 0.6) is 0 Å². The van der Waals surface area contributed by atoms with Crippen molar-refractivity contribution in [1.82, 2.24) is 20.2 Å². The van der Waals surface area contributed by atoms with E-state index in [4.69, 9.17) is 23.1 Å². The van der Waals surface area contributed by atoms with Gasteiger partial charge in [0.05, 0.1) is 29.0 Å². The van der Waals surface area contributed by atoms with Crippen molar-refractivity contribution in [3.63, 3.8) is 0 Å². The molecule has 0 saturated carbocycles. The molecule has 0 aliphatic carbocycles. The molecule has 1 aliphatic rings. The predicted octanol–water partition coefficient (Wildman–Crippen LogP) is 3.53. The lowest BCUT2D eigenvalue weighted by Crippen LogP contribution is -2.46. The van der Waals surface area contributed by atoms with E-state index in [9.17, 15) is 22.8 Å². The zero-order valence-corrected chi connectivity index (χ0v) is 20.2. The fourth-order valence-electron chi connectivity index (χ4n) is 3.92. The van der Waals surface area contributed by atoms with Gasteiger partial charge in [0.25, 0.3) is 5.91 Å². The molecule has 0 spiro atoms. The monoisotopic (exact) mass is 533 g/mol. The molecule has 0 bridgehead atoms. The number of rotatable bonds is 5. The number of urea groups is 1. The summed E-state index contributed by atoms with van der Waals surface area (Å²) in [7, 11) is 0. The minimum atomic E-state index is -4.70. The Balaban J connectivity index is 1.62. The van der Waals surface area contributed by atoms with Crippen LogP contribution >= 0.6 is 11.6 Å². The first kappa shape index (κ1) is 26.2. The second-order valence-corrected chi connectivity index (χ2v) is 8.73. The van der Waals surface area contributed by atoms with Gasteiger partial charge in [-0.2, -0.15) is 13.2 Å². The van der Waals surface area contributed by atoms with Crippen molar-refractivity contribution in [2.24, 2.45) is 5.73 Å². The van der Waals surface area contributed by atoms with E-state index in [-0.39, 0.29) is 29.7 Å². The number of benzene rings is 2. The molecule has 0 radical (unpaired) electrons. The maximum Gasteiger partial charge on any atom is 0.417 e. The van der Waals surface area contributed by atoms with E-state index < -0.39 is 22.8 Å². The number of nitrogens with two attached hydrogens (primary N) is 2. The van der Waals surface area contributed by atoms with Crippen molar-refractivity contribution >= 4 is 35.0 Å². The first-order valence-electron chi connectivity index (χ1n) is 11.2. The Morgan fingerprint density at radius 3 is 2.54 bits per heavy atom. The van der Waals surface area contributed by atoms with Gasteiger partial charge < -0.3 is 21.7 Å². The van der Waals surface area contributed by atoms with Gasteiger partial charge in [-0.05, 0) is 29.8 Å². The molecule has 9 nitrogen and oxygen atoms in total. The molecule has 0 unspecified atom stereocenters. The highest BCUT2D eigenvalue weighted by Crippen LogP contribution is 2.37. The summed E-state index contributed by atoms with van der Waals surface area (Å²) in [4.78, 5) is 36.3. The summed E-state index contributed by atoms with van der Waals surface area (Å²) in [5, 5.41) is 2.68. The molecule has 3 amide bonds. The number of aromatic nitrogens is 2. The largest absolute Gasteiger partial charge is 0.417 e. The number of hydrogen-bond acceptors (Lipinski definition) is 6. The molecule has 1 aromatic heterocycles. The van der Waals surface area contributed by atoms with Gasteiger partial charge in [-0.1, -0.05) is 29.8 Å². The number of carbonyl (C=O) groups is 2. The van der Waals surface area contributed by atoms with Crippen LogP contribution in [0.1, 0.15) is 21.6 Å². The molecule has 3 aromatic rings. The normalized spacial score (nSPS) is 13.9. The van der Waals surface area contributed by atoms with Crippen LogP contribution < -0.4 is 21.7 Å². The van der Waals surface area contributed by atoms with E-state index in [0.29, 0.717) is 43.0 Å². The Kier molecular flexibility index (Phi) is 7.50. The lowest BCUT2D eigenvalue weighted by atomic mass is 10.1. The fourth-order valence-corrected chi connectivity index (χ4v) is 4.14. The van der Waals surface area contributed by atoms with Gasteiger partial charge in [-0.25, -0.2) is 14.8 Å². The van der Waals surface area contributed by atoms with Crippen molar-refractivity contribution in [3.05, 3.63) is 70.5 Å². The number of alkyl halides is 3. The van der Waals surface area contributed by atoms with Gasteiger partial charge in [-0.3, -0.25) is 9.69 Å². The van der Waals surface area contributed by atoms with Gasteiger partial charge >= 0.3 is 12.2 Å². The number of amides is 3. The molecule has 1 aliphatic heterocycles. The lowest BCUT2D eigenvalue weighted by molar-refractivity contribution is -0.137. The summed E-state index contributed by atoms with van der Waals surface area (Å²) >= 11 is 5.70. The minimum absolute atomic E-state index is 0.00606. The Morgan fingerprint density at radius 2 is 1.86 bits per heavy atom. The quantitative estimate of drug-likeness (QED) is 0.460. The van der Waals surface area contributed by atoms with E-state index in [0.717, 1.165) is 17.0 Å². The van der Waals surface area contributed by atoms with E-state index in [1.807, 2.05) is 0 Å². The van der Waals surface area contributed by atoms with Gasteiger partial charge in [0, 0.05) is 37.4 Å². The molecule has 1 fully saturated rings. The number of nitrogens with zero attached hydrogens (tertiary/aromatic N) is 4. The van der Waals surface area contributed by atoms with E-state index in [2.05, 4.69) is 15.3 Å². The Labute approximate surface area is 215 Å². The zero-order valence-electron chi connectivity index (χ0n) is 19.4. The SMILES string of the molecule is NC(=O)N(Cc1cccc(-c2cnc(N)c(C(=O)N3CCNCC3)n2)c1)c1ccc(Cl)c(C(F)(F)F)c1. The highest BCUT2D eigenvalue weighted by atomic mass is 35.5. The third kappa shape index (κ3) is 5.92. The Morgan fingerprint density at radius 1 is 1.14 bits per heavy atom. The summed E-state index contributed by atoms with van der Waals surface area (Å²) in [5.41, 5.74) is 11.8. The molecule has 37 heavy (non-hydrogen) atoms. The highest BCUT2D eigenvalue weighted by Gasteiger charge is 2.34. The summed E-state index contributed by atoms with van der Waals surface area (Å²) in [6, 6.07) is 8.93. The van der Waals surface area contributed by atoms with E-state index >= 15 is 0 Å². The van der Waals surface area contributed by atoms with Crippen LogP contribution in [0.15, 0.2) is 48.7 Å². The Hall–Kier alpha value is -3.90.